The quantitative estimate of drug-likeness (QED) is 0.0292. The highest BCUT2D eigenvalue weighted by Crippen LogP contribution is 2.35. The summed E-state index contributed by atoms with van der Waals surface area (Å²) in [6.45, 7) is 8.73. The second-order valence-electron chi connectivity index (χ2n) is 21.5. The largest absolute Gasteiger partial charge is 0.416 e. The second-order valence-corrected chi connectivity index (χ2v) is 22.4. The van der Waals surface area contributed by atoms with E-state index in [1.54, 1.807) is 65.5 Å². The molecular formula is C59H66F3N11O7S. The molecular weight excluding hydrogens is 1060 g/mol. The fraction of sp³-hybridized carbons (Fsp3) is 0.373. The van der Waals surface area contributed by atoms with E-state index in [-0.39, 0.29) is 73.7 Å². The smallest absolute Gasteiger partial charge is 0.399 e. The van der Waals surface area contributed by atoms with Crippen molar-refractivity contribution < 1.29 is 47.0 Å². The molecule has 0 radical (unpaired) electrons. The summed E-state index contributed by atoms with van der Waals surface area (Å²) in [5.41, 5.74) is 11.3. The zero-order valence-electron chi connectivity index (χ0n) is 45.7. The number of aliphatic hydroxyl groups is 1. The van der Waals surface area contributed by atoms with Gasteiger partial charge in [0.2, 0.25) is 29.5 Å². The Hall–Kier alpha value is -8.24. The van der Waals surface area contributed by atoms with Gasteiger partial charge in [0.1, 0.15) is 18.6 Å². The minimum atomic E-state index is -4.58. The zero-order chi connectivity index (χ0) is 58.2. The number of β-amino-alcohol motifs (C(OH)–C–C–N with tert-alkyl or cyclic N) is 1. The molecule has 426 valence electrons. The summed E-state index contributed by atoms with van der Waals surface area (Å²) in [5.74, 6) is -2.34. The van der Waals surface area contributed by atoms with E-state index in [2.05, 4.69) is 36.4 Å². The molecule has 0 saturated carbocycles. The van der Waals surface area contributed by atoms with Crippen LogP contribution in [0.3, 0.4) is 0 Å². The van der Waals surface area contributed by atoms with Gasteiger partial charge in [-0.3, -0.25) is 33.4 Å². The molecule has 7 N–H and O–H groups in total. The molecule has 0 bridgehead atoms. The Labute approximate surface area is 470 Å². The number of alkyl halides is 3. The average Bonchev–Trinajstić information content (AvgIpc) is 4.38. The summed E-state index contributed by atoms with van der Waals surface area (Å²) in [4.78, 5) is 88.0. The van der Waals surface area contributed by atoms with Gasteiger partial charge in [0.05, 0.1) is 39.5 Å². The summed E-state index contributed by atoms with van der Waals surface area (Å²) in [5, 5.41) is 31.2. The Bertz CT molecular complexity index is 3420. The molecule has 1 fully saturated rings. The van der Waals surface area contributed by atoms with E-state index >= 15 is 0 Å². The zero-order valence-corrected chi connectivity index (χ0v) is 46.5. The molecule has 81 heavy (non-hydrogen) atoms. The predicted octanol–water partition coefficient (Wildman–Crippen LogP) is 9.70. The number of rotatable bonds is 21. The standard InChI is InChI=1S/C59H66F3N11O7S/c1-35-14-24-43(27-46(35)59(60,61)62)67-50(76)33-71-31-41(30-66-71)40-21-25-45-47(26-40)73(70-54(45)69-55(78)39-19-22-42(63)23-20-39)51(77)13-11-9-7-6-8-10-12-49(75)68-53(58(3,4)5)57(80)72-32-44(74)28-48(72)56(79)64-29-37-15-17-38(18-16-37)52-36(2)65-34-81-52/h14-27,30-31,34,44,48,53,74H,6-13,28-29,32-33,63H2,1-5H3,(H,64,79)(H,67,76)(H,68,75)(H,69,70,78)/t44-,48+,53-/m1/s1. The predicted molar refractivity (Wildman–Crippen MR) is 304 cm³/mol. The third kappa shape index (κ3) is 15.0. The van der Waals surface area contributed by atoms with Crippen LogP contribution in [0.15, 0.2) is 103 Å². The molecule has 8 rings (SSSR count). The number of nitrogen functional groups attached to an aromatic ring is 1. The van der Waals surface area contributed by atoms with Crippen molar-refractivity contribution in [3.63, 3.8) is 0 Å². The molecule has 4 aromatic carbocycles. The molecule has 4 heterocycles. The molecule has 1 saturated heterocycles. The van der Waals surface area contributed by atoms with E-state index in [4.69, 9.17) is 5.73 Å². The Morgan fingerprint density at radius 2 is 1.51 bits per heavy atom. The number of nitrogens with one attached hydrogen (secondary N) is 4. The highest BCUT2D eigenvalue weighted by Gasteiger charge is 2.44. The maximum Gasteiger partial charge on any atom is 0.416 e. The van der Waals surface area contributed by atoms with E-state index in [0.717, 1.165) is 47.0 Å². The molecule has 1 aliphatic heterocycles. The number of carbonyl (C=O) groups excluding carboxylic acids is 6. The number of fused-ring (bicyclic) bond motifs is 1. The molecule has 3 aromatic heterocycles. The van der Waals surface area contributed by atoms with Crippen molar-refractivity contribution in [2.45, 2.75) is 130 Å². The van der Waals surface area contributed by atoms with Gasteiger partial charge in [0, 0.05) is 66.4 Å². The Balaban J connectivity index is 0.823. The maximum absolute atomic E-state index is 14.1. The number of aromatic nitrogens is 5. The lowest BCUT2D eigenvalue weighted by molar-refractivity contribution is -0.144. The Morgan fingerprint density at radius 1 is 0.815 bits per heavy atom. The van der Waals surface area contributed by atoms with Gasteiger partial charge in [-0.25, -0.2) is 4.98 Å². The fourth-order valence-corrected chi connectivity index (χ4v) is 10.5. The van der Waals surface area contributed by atoms with Crippen LogP contribution in [0.2, 0.25) is 0 Å². The lowest BCUT2D eigenvalue weighted by Crippen LogP contribution is -2.57. The van der Waals surface area contributed by atoms with Crippen LogP contribution in [-0.4, -0.2) is 94.7 Å². The second kappa shape index (κ2) is 25.5. The van der Waals surface area contributed by atoms with Crippen molar-refractivity contribution in [3.05, 3.63) is 131 Å². The number of unbranched alkanes of at least 4 members (excludes halogenated alkanes) is 5. The van der Waals surface area contributed by atoms with E-state index < -0.39 is 53.1 Å². The first kappa shape index (κ1) is 58.9. The van der Waals surface area contributed by atoms with Crippen molar-refractivity contribution >= 4 is 74.9 Å². The van der Waals surface area contributed by atoms with Gasteiger partial charge in [0.15, 0.2) is 5.82 Å². The minimum Gasteiger partial charge on any atom is -0.399 e. The summed E-state index contributed by atoms with van der Waals surface area (Å²) in [7, 11) is 0. The number of nitrogens with two attached hydrogens (primary N) is 1. The van der Waals surface area contributed by atoms with Crippen LogP contribution in [0.25, 0.3) is 32.5 Å². The SMILES string of the molecule is Cc1ccc(NC(=O)Cn2cc(-c3ccc4c(NC(=O)c5ccc(N)cc5)nn(C(=O)CCCCCCCCC(=O)N[C@H](C(=O)N5C[C@H](O)C[C@H]5C(=O)NCc5ccc(-c6scnc6C)cc5)C(C)(C)C)c4c3)cn2)cc1C(F)(F)F. The number of halogens is 3. The van der Waals surface area contributed by atoms with Crippen LogP contribution in [0, 0.1) is 19.3 Å². The van der Waals surface area contributed by atoms with Crippen LogP contribution >= 0.6 is 11.3 Å². The van der Waals surface area contributed by atoms with Crippen molar-refractivity contribution in [3.8, 4) is 21.6 Å². The van der Waals surface area contributed by atoms with Crippen LogP contribution in [0.4, 0.5) is 30.4 Å². The molecule has 5 amide bonds. The highest BCUT2D eigenvalue weighted by molar-refractivity contribution is 7.13. The van der Waals surface area contributed by atoms with Crippen molar-refractivity contribution in [1.82, 2.24) is 40.1 Å². The number of aryl methyl sites for hydroxylation is 2. The van der Waals surface area contributed by atoms with Gasteiger partial charge in [-0.1, -0.05) is 82.9 Å². The van der Waals surface area contributed by atoms with E-state index in [1.807, 2.05) is 52.0 Å². The first-order valence-corrected chi connectivity index (χ1v) is 27.7. The summed E-state index contributed by atoms with van der Waals surface area (Å²) >= 11 is 1.56. The number of hydrogen-bond acceptors (Lipinski definition) is 12. The van der Waals surface area contributed by atoms with Gasteiger partial charge >= 0.3 is 6.18 Å². The number of thiazole rings is 1. The lowest BCUT2D eigenvalue weighted by Gasteiger charge is -2.35. The summed E-state index contributed by atoms with van der Waals surface area (Å²) < 4.78 is 43.1. The first-order valence-electron chi connectivity index (χ1n) is 26.8. The molecule has 0 aliphatic carbocycles. The van der Waals surface area contributed by atoms with Crippen LogP contribution in [0.5, 0.6) is 0 Å². The van der Waals surface area contributed by atoms with E-state index in [1.165, 1.54) is 39.5 Å². The van der Waals surface area contributed by atoms with E-state index in [0.29, 0.717) is 52.5 Å². The van der Waals surface area contributed by atoms with Gasteiger partial charge in [-0.15, -0.1) is 16.4 Å². The number of nitrogens with zero attached hydrogens (tertiary/aromatic N) is 6. The molecule has 18 nitrogen and oxygen atoms in total. The number of anilines is 3. The number of hydrogen-bond donors (Lipinski definition) is 6. The lowest BCUT2D eigenvalue weighted by atomic mass is 9.85. The molecule has 22 heteroatoms. The van der Waals surface area contributed by atoms with Gasteiger partial charge in [-0.2, -0.15) is 23.0 Å². The number of likely N-dealkylation sites (tertiary alicyclic amines) is 1. The third-order valence-electron chi connectivity index (χ3n) is 14.2. The average molecular weight is 1130 g/mol. The Kier molecular flexibility index (Phi) is 18.5. The number of benzene rings is 4. The molecule has 1 aliphatic rings. The molecule has 0 spiro atoms. The topological polar surface area (TPSA) is 249 Å². The van der Waals surface area contributed by atoms with Gasteiger partial charge < -0.3 is 37.0 Å². The highest BCUT2D eigenvalue weighted by atomic mass is 32.1. The number of aliphatic hydroxyl groups excluding tert-OH is 1. The van der Waals surface area contributed by atoms with Crippen LogP contribution in [0.1, 0.15) is 116 Å². The fourth-order valence-electron chi connectivity index (χ4n) is 9.73. The van der Waals surface area contributed by atoms with Gasteiger partial charge in [0.25, 0.3) is 5.91 Å². The van der Waals surface area contributed by atoms with Crippen molar-refractivity contribution in [2.75, 3.05) is 22.9 Å². The number of carbonyl (C=O) groups is 6. The summed E-state index contributed by atoms with van der Waals surface area (Å²) in [6, 6.07) is 21.1. The van der Waals surface area contributed by atoms with Crippen LogP contribution in [-0.2, 0) is 38.4 Å². The van der Waals surface area contributed by atoms with Crippen molar-refractivity contribution in [1.29, 1.82) is 0 Å². The van der Waals surface area contributed by atoms with E-state index in [9.17, 15) is 47.0 Å². The monoisotopic (exact) mass is 1130 g/mol. The normalized spacial score (nSPS) is 14.9. The molecule has 3 atom stereocenters. The first-order chi connectivity index (χ1) is 38.5. The maximum atomic E-state index is 14.1. The number of amides is 5. The summed E-state index contributed by atoms with van der Waals surface area (Å²) in [6.07, 6.45) is 2.11. The minimum absolute atomic E-state index is 0.00881. The van der Waals surface area contributed by atoms with Crippen LogP contribution < -0.4 is 27.0 Å². The van der Waals surface area contributed by atoms with Gasteiger partial charge in [-0.05, 0) is 103 Å². The molecule has 0 unspecified atom stereocenters. The van der Waals surface area contributed by atoms with Crippen molar-refractivity contribution in [2.24, 2.45) is 5.41 Å². The third-order valence-corrected chi connectivity index (χ3v) is 15.2. The Morgan fingerprint density at radius 3 is 2.19 bits per heavy atom. The molecule has 7 aromatic rings.